The van der Waals surface area contributed by atoms with Gasteiger partial charge in [-0.1, -0.05) is 12.1 Å². The summed E-state index contributed by atoms with van der Waals surface area (Å²) in [6, 6.07) is 9.93. The first kappa shape index (κ1) is 16.9. The van der Waals surface area contributed by atoms with Crippen molar-refractivity contribution in [3.63, 3.8) is 0 Å². The van der Waals surface area contributed by atoms with Gasteiger partial charge in [0.25, 0.3) is 0 Å². The number of hydrogen-bond donors (Lipinski definition) is 1. The van der Waals surface area contributed by atoms with Crippen molar-refractivity contribution in [3.8, 4) is 0 Å². The molecule has 1 fully saturated rings. The van der Waals surface area contributed by atoms with Crippen LogP contribution in [0.5, 0.6) is 0 Å². The van der Waals surface area contributed by atoms with Crippen LogP contribution in [-0.4, -0.2) is 43.3 Å². The van der Waals surface area contributed by atoms with Gasteiger partial charge in [-0.2, -0.15) is 0 Å². The van der Waals surface area contributed by atoms with E-state index in [1.807, 2.05) is 12.1 Å². The lowest BCUT2D eigenvalue weighted by Crippen LogP contribution is -2.42. The van der Waals surface area contributed by atoms with Crippen LogP contribution < -0.4 is 0 Å². The summed E-state index contributed by atoms with van der Waals surface area (Å²) < 4.78 is 20.5. The molecule has 0 bridgehead atoms. The monoisotopic (exact) mass is 357 g/mol. The van der Waals surface area contributed by atoms with E-state index < -0.39 is 5.60 Å². The highest BCUT2D eigenvalue weighted by molar-refractivity contribution is 5.24. The van der Waals surface area contributed by atoms with Gasteiger partial charge in [0.05, 0.1) is 18.4 Å². The van der Waals surface area contributed by atoms with E-state index in [1.165, 1.54) is 12.1 Å². The first-order valence-electron chi connectivity index (χ1n) is 8.61. The molecule has 1 aliphatic rings. The third-order valence-corrected chi connectivity index (χ3v) is 4.90. The molecule has 0 amide bonds. The predicted octanol–water partition coefficient (Wildman–Crippen LogP) is 1.94. The summed E-state index contributed by atoms with van der Waals surface area (Å²) in [6.45, 7) is 2.44. The van der Waals surface area contributed by atoms with E-state index in [0.29, 0.717) is 44.6 Å². The highest BCUT2D eigenvalue weighted by Gasteiger charge is 2.34. The summed E-state index contributed by atoms with van der Waals surface area (Å²) in [6.07, 6.45) is 2.70. The van der Waals surface area contributed by atoms with Gasteiger partial charge in [-0.3, -0.25) is 4.90 Å². The van der Waals surface area contributed by atoms with E-state index in [9.17, 15) is 9.50 Å². The molecule has 3 aromatic rings. The van der Waals surface area contributed by atoms with Crippen molar-refractivity contribution in [1.82, 2.24) is 25.1 Å². The molecular formula is C18H20FN5O2. The van der Waals surface area contributed by atoms with Gasteiger partial charge in [-0.15, -0.1) is 5.10 Å². The summed E-state index contributed by atoms with van der Waals surface area (Å²) in [5.74, 6) is 1.21. The van der Waals surface area contributed by atoms with Crippen LogP contribution in [-0.2, 0) is 18.7 Å². The van der Waals surface area contributed by atoms with Gasteiger partial charge in [0, 0.05) is 13.1 Å². The number of likely N-dealkylation sites (tertiary alicyclic amines) is 1. The van der Waals surface area contributed by atoms with Gasteiger partial charge in [0.1, 0.15) is 18.1 Å². The molecule has 0 aliphatic carbocycles. The minimum atomic E-state index is -0.987. The highest BCUT2D eigenvalue weighted by atomic mass is 19.1. The largest absolute Gasteiger partial charge is 0.467 e. The van der Waals surface area contributed by atoms with Crippen LogP contribution >= 0.6 is 0 Å². The Kier molecular flexibility index (Phi) is 4.52. The number of nitrogens with zero attached hydrogens (tertiary/aromatic N) is 5. The van der Waals surface area contributed by atoms with Crippen molar-refractivity contribution >= 4 is 0 Å². The van der Waals surface area contributed by atoms with Gasteiger partial charge in [-0.05, 0) is 53.1 Å². The highest BCUT2D eigenvalue weighted by Crippen LogP contribution is 2.33. The van der Waals surface area contributed by atoms with Crippen molar-refractivity contribution in [3.05, 3.63) is 65.6 Å². The summed E-state index contributed by atoms with van der Waals surface area (Å²) >= 11 is 0. The Balaban J connectivity index is 1.39. The molecule has 1 aliphatic heterocycles. The van der Waals surface area contributed by atoms with E-state index in [2.05, 4.69) is 20.4 Å². The second-order valence-corrected chi connectivity index (χ2v) is 6.65. The lowest BCUT2D eigenvalue weighted by Gasteiger charge is -2.38. The molecule has 2 aromatic heterocycles. The Morgan fingerprint density at radius 1 is 1.15 bits per heavy atom. The normalized spacial score (nSPS) is 17.5. The summed E-state index contributed by atoms with van der Waals surface area (Å²) in [4.78, 5) is 2.19. The Labute approximate surface area is 150 Å². The SMILES string of the molecule is OC1(c2cccc(F)c2)CCN(Cc2nnnn2Cc2ccco2)CC1. The van der Waals surface area contributed by atoms with Gasteiger partial charge in [0.2, 0.25) is 0 Å². The molecule has 8 heteroatoms. The molecule has 136 valence electrons. The second-order valence-electron chi connectivity index (χ2n) is 6.65. The molecule has 0 spiro atoms. The first-order valence-corrected chi connectivity index (χ1v) is 8.61. The third-order valence-electron chi connectivity index (χ3n) is 4.90. The summed E-state index contributed by atoms with van der Waals surface area (Å²) in [7, 11) is 0. The maximum atomic E-state index is 13.5. The number of furan rings is 1. The van der Waals surface area contributed by atoms with E-state index in [4.69, 9.17) is 4.42 Å². The number of aliphatic hydroxyl groups is 1. The Hall–Kier alpha value is -2.58. The Morgan fingerprint density at radius 2 is 2.00 bits per heavy atom. The van der Waals surface area contributed by atoms with Crippen molar-refractivity contribution in [2.45, 2.75) is 31.5 Å². The fourth-order valence-electron chi connectivity index (χ4n) is 3.36. The molecule has 1 N–H and O–H groups in total. The standard InChI is InChI=1S/C18H20FN5O2/c19-15-4-1-3-14(11-15)18(25)6-8-23(9-7-18)13-17-20-21-22-24(17)12-16-5-2-10-26-16/h1-5,10-11,25H,6-9,12-13H2. The minimum Gasteiger partial charge on any atom is -0.467 e. The predicted molar refractivity (Wildman–Crippen MR) is 90.4 cm³/mol. The van der Waals surface area contributed by atoms with Crippen molar-refractivity contribution in [2.75, 3.05) is 13.1 Å². The van der Waals surface area contributed by atoms with Gasteiger partial charge in [-0.25, -0.2) is 9.07 Å². The first-order chi connectivity index (χ1) is 12.6. The van der Waals surface area contributed by atoms with Crippen molar-refractivity contribution in [2.24, 2.45) is 0 Å². The van der Waals surface area contributed by atoms with Crippen molar-refractivity contribution in [1.29, 1.82) is 0 Å². The van der Waals surface area contributed by atoms with Crippen LogP contribution in [0.3, 0.4) is 0 Å². The van der Waals surface area contributed by atoms with E-state index in [1.54, 1.807) is 23.1 Å². The number of aromatic nitrogens is 4. The zero-order chi connectivity index (χ0) is 18.0. The fourth-order valence-corrected chi connectivity index (χ4v) is 3.36. The zero-order valence-electron chi connectivity index (χ0n) is 14.3. The maximum absolute atomic E-state index is 13.5. The topological polar surface area (TPSA) is 80.2 Å². The lowest BCUT2D eigenvalue weighted by atomic mass is 9.84. The molecule has 0 unspecified atom stereocenters. The number of halogens is 1. The Morgan fingerprint density at radius 3 is 2.73 bits per heavy atom. The molecule has 0 saturated carbocycles. The van der Waals surface area contributed by atoms with E-state index in [-0.39, 0.29) is 5.82 Å². The Bertz CT molecular complexity index is 856. The minimum absolute atomic E-state index is 0.324. The molecule has 0 atom stereocenters. The van der Waals surface area contributed by atoms with Crippen molar-refractivity contribution < 1.29 is 13.9 Å². The number of tetrazole rings is 1. The molecule has 7 nitrogen and oxygen atoms in total. The average Bonchev–Trinajstić information content (AvgIpc) is 3.30. The maximum Gasteiger partial charge on any atom is 0.165 e. The summed E-state index contributed by atoms with van der Waals surface area (Å²) in [5.41, 5.74) is -0.349. The van der Waals surface area contributed by atoms with Crippen LogP contribution in [0.4, 0.5) is 4.39 Å². The van der Waals surface area contributed by atoms with E-state index in [0.717, 1.165) is 11.6 Å². The molecule has 26 heavy (non-hydrogen) atoms. The van der Waals surface area contributed by atoms with Gasteiger partial charge < -0.3 is 9.52 Å². The van der Waals surface area contributed by atoms with Crippen LogP contribution in [0.1, 0.15) is 30.0 Å². The molecule has 3 heterocycles. The van der Waals surface area contributed by atoms with Crippen LogP contribution in [0, 0.1) is 5.82 Å². The molecule has 1 saturated heterocycles. The summed E-state index contributed by atoms with van der Waals surface area (Å²) in [5, 5.41) is 22.8. The molecular weight excluding hydrogens is 337 g/mol. The van der Waals surface area contributed by atoms with Crippen LogP contribution in [0.2, 0.25) is 0 Å². The molecule has 1 aromatic carbocycles. The number of piperidine rings is 1. The molecule has 4 rings (SSSR count). The smallest absolute Gasteiger partial charge is 0.165 e. The van der Waals surface area contributed by atoms with Crippen LogP contribution in [0.25, 0.3) is 0 Å². The van der Waals surface area contributed by atoms with Gasteiger partial charge in [0.15, 0.2) is 5.82 Å². The number of rotatable bonds is 5. The average molecular weight is 357 g/mol. The third kappa shape index (κ3) is 3.51. The van der Waals surface area contributed by atoms with E-state index >= 15 is 0 Å². The molecule has 0 radical (unpaired) electrons. The van der Waals surface area contributed by atoms with Gasteiger partial charge >= 0.3 is 0 Å². The number of hydrogen-bond acceptors (Lipinski definition) is 6. The quantitative estimate of drug-likeness (QED) is 0.752. The lowest BCUT2D eigenvalue weighted by molar-refractivity contribution is -0.0286. The fraction of sp³-hybridized carbons (Fsp3) is 0.389. The number of benzene rings is 1. The van der Waals surface area contributed by atoms with Crippen LogP contribution in [0.15, 0.2) is 47.1 Å². The second kappa shape index (κ2) is 6.97. The zero-order valence-corrected chi connectivity index (χ0v) is 14.3.